The summed E-state index contributed by atoms with van der Waals surface area (Å²) < 4.78 is 17.8. The van der Waals surface area contributed by atoms with E-state index >= 15 is 0 Å². The number of thioether (sulfide) groups is 1. The van der Waals surface area contributed by atoms with Gasteiger partial charge in [0, 0.05) is 43.2 Å². The average molecular weight is 471 g/mol. The van der Waals surface area contributed by atoms with Gasteiger partial charge in [0.15, 0.2) is 17.2 Å². The zero-order chi connectivity index (χ0) is 22.9. The van der Waals surface area contributed by atoms with Crippen molar-refractivity contribution in [2.45, 2.75) is 94.3 Å². The largest absolute Gasteiger partial charge is 0.353 e. The fourth-order valence-electron chi connectivity index (χ4n) is 4.96. The summed E-state index contributed by atoms with van der Waals surface area (Å²) in [6.45, 7) is 2.76. The van der Waals surface area contributed by atoms with Crippen LogP contribution in [-0.4, -0.2) is 41.5 Å². The Balaban J connectivity index is 1.32. The first-order chi connectivity index (χ1) is 16.2. The second-order valence-electron chi connectivity index (χ2n) is 9.20. The fraction of sp³-hybridized carbons (Fsp3) is 0.630. The molecule has 4 rings (SSSR count). The highest BCUT2D eigenvalue weighted by atomic mass is 32.2. The number of hydrogen-bond donors (Lipinski definition) is 0. The van der Waals surface area contributed by atoms with Gasteiger partial charge in [0.2, 0.25) is 0 Å². The van der Waals surface area contributed by atoms with E-state index < -0.39 is 5.79 Å². The minimum atomic E-state index is -0.543. The Morgan fingerprint density at radius 2 is 1.76 bits per heavy atom. The van der Waals surface area contributed by atoms with Crippen LogP contribution in [0.4, 0.5) is 0 Å². The lowest BCUT2D eigenvalue weighted by atomic mass is 9.78. The number of hydrogen-bond acceptors (Lipinski definition) is 6. The third kappa shape index (κ3) is 6.36. The highest BCUT2D eigenvalue weighted by molar-refractivity contribution is 7.99. The summed E-state index contributed by atoms with van der Waals surface area (Å²) in [6, 6.07) is 8.76. The lowest BCUT2D eigenvalue weighted by Crippen LogP contribution is -2.41. The molecule has 180 valence electrons. The molecule has 0 amide bonds. The molecule has 1 spiro atoms. The molecule has 1 aliphatic carbocycles. The van der Waals surface area contributed by atoms with E-state index in [-0.39, 0.29) is 12.2 Å². The number of aromatic nitrogens is 2. The van der Waals surface area contributed by atoms with Crippen LogP contribution in [0, 0.1) is 0 Å². The Bertz CT molecular complexity index is 845. The normalized spacial score (nSPS) is 25.0. The van der Waals surface area contributed by atoms with Gasteiger partial charge >= 0.3 is 0 Å². The van der Waals surface area contributed by atoms with Crippen LogP contribution in [0.15, 0.2) is 41.8 Å². The molecule has 2 fully saturated rings. The number of ether oxygens (including phenoxy) is 3. The van der Waals surface area contributed by atoms with E-state index in [1.807, 2.05) is 12.4 Å². The van der Waals surface area contributed by atoms with Crippen LogP contribution >= 0.6 is 11.8 Å². The molecule has 2 heterocycles. The Labute approximate surface area is 203 Å². The molecule has 0 radical (unpaired) electrons. The summed E-state index contributed by atoms with van der Waals surface area (Å²) in [7, 11) is 1.68. The van der Waals surface area contributed by atoms with Crippen molar-refractivity contribution in [3.8, 4) is 11.1 Å². The molecule has 0 bridgehead atoms. The third-order valence-corrected chi connectivity index (χ3v) is 7.82. The molecule has 6 heteroatoms. The van der Waals surface area contributed by atoms with Gasteiger partial charge in [0.1, 0.15) is 6.61 Å². The molecule has 33 heavy (non-hydrogen) atoms. The minimum absolute atomic E-state index is 0.234. The van der Waals surface area contributed by atoms with E-state index in [0.29, 0.717) is 6.61 Å². The number of rotatable bonds is 11. The molecule has 2 aromatic rings. The van der Waals surface area contributed by atoms with Crippen molar-refractivity contribution in [2.24, 2.45) is 0 Å². The van der Waals surface area contributed by atoms with Gasteiger partial charge in [-0.15, -0.1) is 0 Å². The van der Waals surface area contributed by atoms with Gasteiger partial charge in [-0.2, -0.15) is 0 Å². The van der Waals surface area contributed by atoms with Gasteiger partial charge in [0.25, 0.3) is 0 Å². The van der Waals surface area contributed by atoms with E-state index in [1.54, 1.807) is 18.9 Å². The number of nitrogens with zero attached hydrogens (tertiary/aromatic N) is 2. The van der Waals surface area contributed by atoms with Crippen LogP contribution in [0.2, 0.25) is 0 Å². The summed E-state index contributed by atoms with van der Waals surface area (Å²) in [5.74, 6) is 0.785. The highest BCUT2D eigenvalue weighted by Crippen LogP contribution is 2.47. The van der Waals surface area contributed by atoms with Gasteiger partial charge in [0.05, 0.1) is 0 Å². The van der Waals surface area contributed by atoms with Gasteiger partial charge in [-0.3, -0.25) is 0 Å². The smallest absolute Gasteiger partial charge is 0.187 e. The van der Waals surface area contributed by atoms with E-state index in [1.165, 1.54) is 50.5 Å². The van der Waals surface area contributed by atoms with Crippen molar-refractivity contribution < 1.29 is 14.2 Å². The Morgan fingerprint density at radius 3 is 2.48 bits per heavy atom. The predicted octanol–water partition coefficient (Wildman–Crippen LogP) is 6.97. The maximum absolute atomic E-state index is 6.23. The van der Waals surface area contributed by atoms with E-state index in [9.17, 15) is 0 Å². The topological polar surface area (TPSA) is 53.5 Å². The first kappa shape index (κ1) is 24.6. The Kier molecular flexibility index (Phi) is 9.18. The van der Waals surface area contributed by atoms with Crippen molar-refractivity contribution in [1.82, 2.24) is 9.97 Å². The monoisotopic (exact) mass is 470 g/mol. The van der Waals surface area contributed by atoms with Crippen LogP contribution in [0.1, 0.15) is 82.6 Å². The molecule has 3 atom stereocenters. The molecular weight excluding hydrogens is 432 g/mol. The van der Waals surface area contributed by atoms with Crippen molar-refractivity contribution in [3.63, 3.8) is 0 Å². The summed E-state index contributed by atoms with van der Waals surface area (Å²) in [6.07, 6.45) is 15.9. The number of methoxy groups -OCH3 is 1. The lowest BCUT2D eigenvalue weighted by Gasteiger charge is -2.39. The molecule has 1 aliphatic heterocycles. The van der Waals surface area contributed by atoms with Crippen LogP contribution in [0.5, 0.6) is 0 Å². The molecular formula is C27H38N2O3S. The molecule has 0 N–H and O–H groups in total. The van der Waals surface area contributed by atoms with Gasteiger partial charge in [-0.25, -0.2) is 9.97 Å². The molecule has 2 aliphatic rings. The average Bonchev–Trinajstić information content (AvgIpc) is 3.27. The maximum atomic E-state index is 6.23. The van der Waals surface area contributed by atoms with Gasteiger partial charge < -0.3 is 14.2 Å². The molecule has 1 saturated carbocycles. The Morgan fingerprint density at radius 1 is 1.00 bits per heavy atom. The second-order valence-corrected chi connectivity index (χ2v) is 10.3. The molecule has 2 unspecified atom stereocenters. The quantitative estimate of drug-likeness (QED) is 0.201. The van der Waals surface area contributed by atoms with Crippen LogP contribution in [0.3, 0.4) is 0 Å². The lowest BCUT2D eigenvalue weighted by molar-refractivity contribution is -0.230. The fourth-order valence-corrected chi connectivity index (χ4v) is 5.74. The van der Waals surface area contributed by atoms with Gasteiger partial charge in [-0.1, -0.05) is 81.5 Å². The standard InChI is InChI=1S/C27H38N2O3S/c1-3-4-5-6-7-10-17-33-26-28-18-23(19-29-26)21-12-14-22(15-13-21)24-11-8-9-16-27(24)31-20-25(30-2)32-27/h12-15,18-19,24-25H,3-11,16-17,20H2,1-2H3/t24?,25?,27-/m0/s1. The SMILES string of the molecule is CCCCCCCCSc1ncc(-c2ccc(C3CCCC[C@@]34OCC(OC)O4)cc2)cn1. The van der Waals surface area contributed by atoms with Crippen molar-refractivity contribution in [2.75, 3.05) is 19.5 Å². The van der Waals surface area contributed by atoms with E-state index in [0.717, 1.165) is 41.3 Å². The predicted molar refractivity (Wildman–Crippen MR) is 133 cm³/mol. The van der Waals surface area contributed by atoms with Crippen LogP contribution < -0.4 is 0 Å². The maximum Gasteiger partial charge on any atom is 0.187 e. The molecule has 5 nitrogen and oxygen atoms in total. The zero-order valence-electron chi connectivity index (χ0n) is 20.1. The molecule has 1 aromatic heterocycles. The summed E-state index contributed by atoms with van der Waals surface area (Å²) in [5, 5.41) is 0.872. The highest BCUT2D eigenvalue weighted by Gasteiger charge is 2.49. The van der Waals surface area contributed by atoms with E-state index in [4.69, 9.17) is 14.2 Å². The summed E-state index contributed by atoms with van der Waals surface area (Å²) >= 11 is 1.76. The first-order valence-corrected chi connectivity index (χ1v) is 13.6. The minimum Gasteiger partial charge on any atom is -0.353 e. The summed E-state index contributed by atoms with van der Waals surface area (Å²) in [5.41, 5.74) is 3.46. The van der Waals surface area contributed by atoms with Crippen molar-refractivity contribution in [1.29, 1.82) is 0 Å². The van der Waals surface area contributed by atoms with Crippen molar-refractivity contribution >= 4 is 11.8 Å². The van der Waals surface area contributed by atoms with Gasteiger partial charge in [-0.05, 0) is 30.4 Å². The van der Waals surface area contributed by atoms with Crippen LogP contribution in [0.25, 0.3) is 11.1 Å². The molecule has 1 aromatic carbocycles. The zero-order valence-corrected chi connectivity index (χ0v) is 20.9. The molecule has 1 saturated heterocycles. The number of unbranched alkanes of at least 4 members (excludes halogenated alkanes) is 5. The van der Waals surface area contributed by atoms with E-state index in [2.05, 4.69) is 41.2 Å². The number of benzene rings is 1. The van der Waals surface area contributed by atoms with Crippen LogP contribution in [-0.2, 0) is 14.2 Å². The summed E-state index contributed by atoms with van der Waals surface area (Å²) in [4.78, 5) is 9.18. The second kappa shape index (κ2) is 12.3. The Hall–Kier alpha value is -1.47. The third-order valence-electron chi connectivity index (χ3n) is 6.86. The van der Waals surface area contributed by atoms with Crippen molar-refractivity contribution in [3.05, 3.63) is 42.2 Å². The first-order valence-electron chi connectivity index (χ1n) is 12.6.